The summed E-state index contributed by atoms with van der Waals surface area (Å²) in [4.78, 5) is 43.5. The number of hydrogen-bond donors (Lipinski definition) is 0. The number of carbonyl (C=O) groups excluding carboxylic acids is 3. The Morgan fingerprint density at radius 2 is 1.58 bits per heavy atom. The molecule has 0 unspecified atom stereocenters. The maximum atomic E-state index is 12.6. The van der Waals surface area contributed by atoms with Crippen molar-refractivity contribution in [3.63, 3.8) is 0 Å². The molecule has 1 amide bonds. The minimum atomic E-state index is -0.631. The zero-order valence-electron chi connectivity index (χ0n) is 18.1. The van der Waals surface area contributed by atoms with Crippen LogP contribution in [0.1, 0.15) is 33.6 Å². The Bertz CT molecular complexity index is 1130. The summed E-state index contributed by atoms with van der Waals surface area (Å²) in [6.45, 7) is 1.20. The third-order valence-electron chi connectivity index (χ3n) is 5.43. The highest BCUT2D eigenvalue weighted by molar-refractivity contribution is 8.00. The summed E-state index contributed by atoms with van der Waals surface area (Å²) in [6.07, 6.45) is 3.63. The van der Waals surface area contributed by atoms with E-state index in [-0.39, 0.29) is 29.6 Å². The third-order valence-corrected chi connectivity index (χ3v) is 6.42. The first-order valence-corrected chi connectivity index (χ1v) is 11.8. The van der Waals surface area contributed by atoms with E-state index in [2.05, 4.69) is 4.98 Å². The number of ether oxygens (including phenoxy) is 1. The number of ketones is 1. The molecule has 1 aliphatic heterocycles. The van der Waals surface area contributed by atoms with Crippen LogP contribution in [0.3, 0.4) is 0 Å². The van der Waals surface area contributed by atoms with E-state index in [9.17, 15) is 14.4 Å². The van der Waals surface area contributed by atoms with Crippen LogP contribution in [0.25, 0.3) is 11.1 Å². The van der Waals surface area contributed by atoms with Crippen molar-refractivity contribution < 1.29 is 19.1 Å². The Hall–Kier alpha value is -3.45. The van der Waals surface area contributed by atoms with Gasteiger partial charge in [0.1, 0.15) is 5.03 Å². The number of carbonyl (C=O) groups is 3. The number of likely N-dealkylation sites (tertiary alicyclic amines) is 1. The lowest BCUT2D eigenvalue weighted by molar-refractivity contribution is -0.127. The molecule has 7 heteroatoms. The van der Waals surface area contributed by atoms with Crippen molar-refractivity contribution in [2.24, 2.45) is 0 Å². The van der Waals surface area contributed by atoms with Crippen molar-refractivity contribution in [2.75, 3.05) is 25.4 Å². The van der Waals surface area contributed by atoms with Gasteiger partial charge in [-0.05, 0) is 36.1 Å². The van der Waals surface area contributed by atoms with Crippen LogP contribution in [0.5, 0.6) is 0 Å². The van der Waals surface area contributed by atoms with Gasteiger partial charge in [-0.25, -0.2) is 9.78 Å². The van der Waals surface area contributed by atoms with Crippen molar-refractivity contribution in [1.29, 1.82) is 0 Å². The highest BCUT2D eigenvalue weighted by Gasteiger charge is 2.21. The van der Waals surface area contributed by atoms with Gasteiger partial charge >= 0.3 is 5.97 Å². The second kappa shape index (κ2) is 10.9. The minimum absolute atomic E-state index is 0.0385. The summed E-state index contributed by atoms with van der Waals surface area (Å²) in [5.74, 6) is -0.667. The first-order valence-electron chi connectivity index (χ1n) is 10.8. The van der Waals surface area contributed by atoms with Crippen LogP contribution >= 0.6 is 11.8 Å². The highest BCUT2D eigenvalue weighted by atomic mass is 32.2. The fourth-order valence-electron chi connectivity index (χ4n) is 3.62. The van der Waals surface area contributed by atoms with E-state index >= 15 is 0 Å². The molecule has 3 aromatic rings. The van der Waals surface area contributed by atoms with Gasteiger partial charge in [-0.2, -0.15) is 0 Å². The predicted molar refractivity (Wildman–Crippen MR) is 127 cm³/mol. The van der Waals surface area contributed by atoms with E-state index in [1.54, 1.807) is 30.5 Å². The molecule has 2 heterocycles. The average molecular weight is 461 g/mol. The second-order valence-electron chi connectivity index (χ2n) is 7.68. The molecule has 0 radical (unpaired) electrons. The van der Waals surface area contributed by atoms with Gasteiger partial charge in [-0.3, -0.25) is 9.59 Å². The lowest BCUT2D eigenvalue weighted by atomic mass is 10.0. The van der Waals surface area contributed by atoms with Crippen LogP contribution in [-0.2, 0) is 9.53 Å². The van der Waals surface area contributed by atoms with Crippen LogP contribution in [-0.4, -0.2) is 53.0 Å². The first-order chi connectivity index (χ1) is 16.1. The Kier molecular flexibility index (Phi) is 7.52. The Labute approximate surface area is 197 Å². The van der Waals surface area contributed by atoms with Crippen LogP contribution in [0.4, 0.5) is 0 Å². The van der Waals surface area contributed by atoms with E-state index in [0.29, 0.717) is 10.6 Å². The van der Waals surface area contributed by atoms with Crippen LogP contribution in [0.15, 0.2) is 78.0 Å². The van der Waals surface area contributed by atoms with Gasteiger partial charge < -0.3 is 9.64 Å². The minimum Gasteiger partial charge on any atom is -0.454 e. The molecule has 1 saturated heterocycles. The number of hydrogen-bond acceptors (Lipinski definition) is 6. The fourth-order valence-corrected chi connectivity index (χ4v) is 4.51. The molecule has 2 aromatic carbocycles. The van der Waals surface area contributed by atoms with Gasteiger partial charge in [0.05, 0.1) is 11.3 Å². The quantitative estimate of drug-likeness (QED) is 0.280. The second-order valence-corrected chi connectivity index (χ2v) is 8.64. The summed E-state index contributed by atoms with van der Waals surface area (Å²) >= 11 is 1.21. The zero-order valence-corrected chi connectivity index (χ0v) is 18.9. The number of benzene rings is 2. The number of thioether (sulfide) groups is 1. The van der Waals surface area contributed by atoms with E-state index in [4.69, 9.17) is 4.74 Å². The predicted octanol–water partition coefficient (Wildman–Crippen LogP) is 4.50. The highest BCUT2D eigenvalue weighted by Crippen LogP contribution is 2.23. The van der Waals surface area contributed by atoms with E-state index < -0.39 is 5.97 Å². The standard InChI is InChI=1S/C26H24N2O4S/c29-23(21-12-10-20(11-13-21)19-7-2-1-3-8-19)17-32-26(31)22-9-6-14-27-25(22)33-18-24(30)28-15-4-5-16-28/h1-3,6-14H,4-5,15-18H2. The molecule has 0 saturated carbocycles. The molecule has 0 atom stereocenters. The van der Waals surface area contributed by atoms with Crippen LogP contribution in [0, 0.1) is 0 Å². The number of esters is 1. The van der Waals surface area contributed by atoms with Gasteiger partial charge in [0.2, 0.25) is 5.91 Å². The molecule has 0 bridgehead atoms. The number of pyridine rings is 1. The number of rotatable bonds is 8. The molecular weight excluding hydrogens is 436 g/mol. The summed E-state index contributed by atoms with van der Waals surface area (Å²) in [6, 6.07) is 20.3. The summed E-state index contributed by atoms with van der Waals surface area (Å²) < 4.78 is 5.27. The summed E-state index contributed by atoms with van der Waals surface area (Å²) in [5.41, 5.74) is 2.79. The molecule has 1 fully saturated rings. The number of Topliss-reactive ketones (excluding diaryl/α,β-unsaturated/α-hetero) is 1. The van der Waals surface area contributed by atoms with Crippen LogP contribution in [0.2, 0.25) is 0 Å². The zero-order chi connectivity index (χ0) is 23.0. The fraction of sp³-hybridized carbons (Fsp3) is 0.231. The molecule has 0 aliphatic carbocycles. The van der Waals surface area contributed by atoms with E-state index in [1.807, 2.05) is 47.4 Å². The lowest BCUT2D eigenvalue weighted by Crippen LogP contribution is -2.29. The summed E-state index contributed by atoms with van der Waals surface area (Å²) in [7, 11) is 0. The maximum absolute atomic E-state index is 12.6. The number of nitrogens with zero attached hydrogens (tertiary/aromatic N) is 2. The van der Waals surface area contributed by atoms with Crippen molar-refractivity contribution >= 4 is 29.4 Å². The first kappa shape index (κ1) is 22.7. The molecule has 1 aliphatic rings. The summed E-state index contributed by atoms with van der Waals surface area (Å²) in [5, 5.41) is 0.426. The van der Waals surface area contributed by atoms with Gasteiger partial charge in [0, 0.05) is 24.8 Å². The number of aromatic nitrogens is 1. The molecular formula is C26H24N2O4S. The smallest absolute Gasteiger partial charge is 0.341 e. The van der Waals surface area contributed by atoms with Crippen molar-refractivity contribution in [2.45, 2.75) is 17.9 Å². The molecule has 6 nitrogen and oxygen atoms in total. The molecule has 4 rings (SSSR count). The van der Waals surface area contributed by atoms with Crippen molar-refractivity contribution in [3.05, 3.63) is 84.1 Å². The van der Waals surface area contributed by atoms with Crippen LogP contribution < -0.4 is 0 Å². The van der Waals surface area contributed by atoms with Gasteiger partial charge in [-0.15, -0.1) is 0 Å². The van der Waals surface area contributed by atoms with E-state index in [1.165, 1.54) is 11.8 Å². The van der Waals surface area contributed by atoms with Crippen molar-refractivity contribution in [3.8, 4) is 11.1 Å². The van der Waals surface area contributed by atoms with Gasteiger partial charge in [0.25, 0.3) is 0 Å². The Balaban J connectivity index is 1.34. The molecule has 168 valence electrons. The lowest BCUT2D eigenvalue weighted by Gasteiger charge is -2.15. The topological polar surface area (TPSA) is 76.6 Å². The third kappa shape index (κ3) is 5.87. The SMILES string of the molecule is O=C(COC(=O)c1cccnc1SCC(=O)N1CCCC1)c1ccc(-c2ccccc2)cc1. The molecule has 1 aromatic heterocycles. The molecule has 0 N–H and O–H groups in total. The van der Waals surface area contributed by atoms with Gasteiger partial charge in [-0.1, -0.05) is 66.4 Å². The molecule has 33 heavy (non-hydrogen) atoms. The Morgan fingerprint density at radius 1 is 0.879 bits per heavy atom. The normalized spacial score (nSPS) is 13.0. The monoisotopic (exact) mass is 460 g/mol. The Morgan fingerprint density at radius 3 is 2.30 bits per heavy atom. The van der Waals surface area contributed by atoms with Crippen molar-refractivity contribution in [1.82, 2.24) is 9.88 Å². The largest absolute Gasteiger partial charge is 0.454 e. The number of amides is 1. The average Bonchev–Trinajstić information content (AvgIpc) is 3.42. The van der Waals surface area contributed by atoms with Gasteiger partial charge in [0.15, 0.2) is 12.4 Å². The molecule has 0 spiro atoms. The van der Waals surface area contributed by atoms with E-state index in [0.717, 1.165) is 37.1 Å². The maximum Gasteiger partial charge on any atom is 0.341 e.